The Morgan fingerprint density at radius 3 is 1.91 bits per heavy atom. The first-order valence-electron chi connectivity index (χ1n) is 25.8. The van der Waals surface area contributed by atoms with Gasteiger partial charge in [-0.2, -0.15) is 0 Å². The minimum absolute atomic E-state index is 0.0197. The van der Waals surface area contributed by atoms with Crippen molar-refractivity contribution in [3.05, 3.63) is 10.1 Å². The van der Waals surface area contributed by atoms with Crippen molar-refractivity contribution in [2.75, 3.05) is 45.9 Å². The van der Waals surface area contributed by atoms with E-state index < -0.39 is 134 Å². The molecule has 0 spiro atoms. The van der Waals surface area contributed by atoms with Crippen LogP contribution in [0.4, 0.5) is 0 Å². The number of carbonyl (C=O) groups is 10. The molecule has 1 saturated heterocycles. The minimum Gasteiger partial charge on any atom is -0.597 e. The van der Waals surface area contributed by atoms with Crippen molar-refractivity contribution >= 4 is 59.1 Å². The number of hydrogen-bond donors (Lipinski definition) is 16. The van der Waals surface area contributed by atoms with Crippen LogP contribution in [-0.4, -0.2) is 194 Å². The molecule has 1 aliphatic heterocycles. The van der Waals surface area contributed by atoms with E-state index in [2.05, 4.69) is 60.0 Å². The molecule has 1 heterocycles. The molecule has 9 amide bonds. The Balaban J connectivity index is 3.45. The predicted molar refractivity (Wildman–Crippen MR) is 267 cm³/mol. The molecule has 438 valence electrons. The topological polar surface area (TPSA) is 497 Å². The third kappa shape index (κ3) is 28.2. The number of nitroso groups, excluding NO2 is 1. The number of rotatable bonds is 34. The summed E-state index contributed by atoms with van der Waals surface area (Å²) in [6.45, 7) is -1.83. The Labute approximate surface area is 444 Å². The molecular weight excluding hydrogens is 1020 g/mol. The Morgan fingerprint density at radius 1 is 0.740 bits per heavy atom. The highest BCUT2D eigenvalue weighted by molar-refractivity contribution is 5.98. The zero-order valence-electron chi connectivity index (χ0n) is 43.5. The number of hydrogen-bond acceptors (Lipinski definition) is 19. The first kappa shape index (κ1) is 68.1. The Bertz CT molecular complexity index is 1940. The number of hydroxylamine groups is 2. The maximum absolute atomic E-state index is 14.1. The lowest BCUT2D eigenvalue weighted by atomic mass is 10.0. The van der Waals surface area contributed by atoms with Gasteiger partial charge in [-0.1, -0.05) is 63.2 Å². The second-order valence-electron chi connectivity index (χ2n) is 18.3. The van der Waals surface area contributed by atoms with Crippen LogP contribution >= 0.6 is 0 Å². The summed E-state index contributed by atoms with van der Waals surface area (Å²) in [4.78, 5) is 144. The lowest BCUT2D eigenvalue weighted by Crippen LogP contribution is -2.62. The molecule has 0 unspecified atom stereocenters. The number of carboxylic acid groups (broad SMARTS) is 1. The second kappa shape index (κ2) is 39.5. The summed E-state index contributed by atoms with van der Waals surface area (Å²) < 4.78 is 0. The van der Waals surface area contributed by atoms with E-state index in [1.54, 1.807) is 0 Å². The molecule has 17 N–H and O–H groups in total. The minimum atomic E-state index is -2.51. The van der Waals surface area contributed by atoms with Crippen LogP contribution in [0, 0.1) is 10.1 Å². The van der Waals surface area contributed by atoms with Crippen LogP contribution in [0.25, 0.3) is 0 Å². The van der Waals surface area contributed by atoms with Crippen molar-refractivity contribution in [3.63, 3.8) is 0 Å². The zero-order valence-corrected chi connectivity index (χ0v) is 43.5. The number of nitrogens with zero attached hydrogens (tertiary/aromatic N) is 4. The fourth-order valence-corrected chi connectivity index (χ4v) is 7.71. The fourth-order valence-electron chi connectivity index (χ4n) is 7.71. The highest BCUT2D eigenvalue weighted by Crippen LogP contribution is 2.12. The number of nitrogens with two attached hydrogens (primary N) is 1. The Kier molecular flexibility index (Phi) is 34.9. The third-order valence-electron chi connectivity index (χ3n) is 12.1. The van der Waals surface area contributed by atoms with E-state index in [0.29, 0.717) is 19.3 Å². The Morgan fingerprint density at radius 2 is 1.30 bits per heavy atom. The lowest BCUT2D eigenvalue weighted by molar-refractivity contribution is -0.556. The molecule has 0 aromatic rings. The molecule has 0 radical (unpaired) electrons. The van der Waals surface area contributed by atoms with Crippen LogP contribution < -0.4 is 53.6 Å². The van der Waals surface area contributed by atoms with Crippen molar-refractivity contribution in [2.24, 2.45) is 16.3 Å². The zero-order chi connectivity index (χ0) is 57.7. The van der Waals surface area contributed by atoms with Gasteiger partial charge in [-0.15, -0.1) is 10.1 Å². The summed E-state index contributed by atoms with van der Waals surface area (Å²) in [6.07, 6.45) is 5.11. The van der Waals surface area contributed by atoms with Crippen LogP contribution in [-0.2, 0) is 47.9 Å². The maximum Gasteiger partial charge on any atom is 0.335 e. The number of aliphatic hydroxyl groups excluding tert-OH is 3. The van der Waals surface area contributed by atoms with Gasteiger partial charge < -0.3 is 84.4 Å². The van der Waals surface area contributed by atoms with Crippen molar-refractivity contribution in [1.82, 2.24) is 53.0 Å². The van der Waals surface area contributed by atoms with Crippen LogP contribution in [0.5, 0.6) is 0 Å². The molecule has 0 aromatic heterocycles. The average molecular weight is 1110 g/mol. The molecule has 77 heavy (non-hydrogen) atoms. The van der Waals surface area contributed by atoms with E-state index in [9.17, 15) is 83.7 Å². The second-order valence-corrected chi connectivity index (χ2v) is 18.3. The van der Waals surface area contributed by atoms with E-state index in [4.69, 9.17) is 10.9 Å². The standard InChI is InChI=1S/C45H80N14O18/c1-2-3-4-5-6-7-8-9-10-20-34(62)55-36(37(64)45(72)73)44(71)54-33(27-61)43(70)53-32(26-60)42(69)52-30-17-13-22-47-38(65)28(18-14-23-58(76)56-74)49-35(63)25-48-39(66)29(16-11-12-21-46)50-41(68)31(51-40(30)67)19-15-24-59(77)57-75/h28-33,36-37,60-61,64,74,77H,2-27,46H2,1H3,(H,47,65)(H,48,66)(H,49,63)(H,50,68)(H,51,67)(H,52,69)(H,53,70)(H,54,71)(H,55,62)(H,72,73)/b58-56-/t28-,29+,30+,31-,32-,33+,36+,37-/m1/s1. The largest absolute Gasteiger partial charge is 0.597 e. The molecule has 1 fully saturated rings. The average Bonchev–Trinajstić information content (AvgIpc) is 3.40. The Hall–Kier alpha value is -6.90. The summed E-state index contributed by atoms with van der Waals surface area (Å²) in [7, 11) is 0. The quantitative estimate of drug-likeness (QED) is 0.00965. The number of nitrogens with one attached hydrogen (secondary N) is 9. The van der Waals surface area contributed by atoms with Crippen molar-refractivity contribution in [2.45, 2.75) is 177 Å². The van der Waals surface area contributed by atoms with E-state index in [-0.39, 0.29) is 87.5 Å². The lowest BCUT2D eigenvalue weighted by Gasteiger charge is -2.27. The summed E-state index contributed by atoms with van der Waals surface area (Å²) in [5.74, 6) is -11.3. The van der Waals surface area contributed by atoms with E-state index in [0.717, 1.165) is 44.9 Å². The van der Waals surface area contributed by atoms with Gasteiger partial charge in [0.1, 0.15) is 42.3 Å². The molecule has 0 aliphatic carbocycles. The van der Waals surface area contributed by atoms with E-state index >= 15 is 0 Å². The first-order chi connectivity index (χ1) is 36.8. The molecule has 0 saturated carbocycles. The summed E-state index contributed by atoms with van der Waals surface area (Å²) in [6, 6.07) is -12.0. The van der Waals surface area contributed by atoms with Gasteiger partial charge in [0.2, 0.25) is 53.2 Å². The summed E-state index contributed by atoms with van der Waals surface area (Å²) >= 11 is 0. The van der Waals surface area contributed by atoms with Gasteiger partial charge in [0.15, 0.2) is 17.9 Å². The molecule has 0 bridgehead atoms. The van der Waals surface area contributed by atoms with Crippen LogP contribution in [0.1, 0.15) is 129 Å². The number of aliphatic hydroxyl groups is 3. The number of amides is 9. The van der Waals surface area contributed by atoms with E-state index in [1.165, 1.54) is 0 Å². The van der Waals surface area contributed by atoms with Gasteiger partial charge in [0.25, 0.3) is 0 Å². The van der Waals surface area contributed by atoms with Gasteiger partial charge in [-0.05, 0) is 64.3 Å². The van der Waals surface area contributed by atoms with Gasteiger partial charge in [0, 0.05) is 19.4 Å². The summed E-state index contributed by atoms with van der Waals surface area (Å²) in [5, 5.41) is 95.7. The van der Waals surface area contributed by atoms with Gasteiger partial charge >= 0.3 is 5.97 Å². The molecule has 1 aliphatic rings. The van der Waals surface area contributed by atoms with Gasteiger partial charge in [0.05, 0.1) is 31.6 Å². The van der Waals surface area contributed by atoms with Crippen molar-refractivity contribution in [3.8, 4) is 0 Å². The van der Waals surface area contributed by atoms with Crippen molar-refractivity contribution in [1.29, 1.82) is 0 Å². The number of carbonyl (C=O) groups excluding carboxylic acids is 9. The maximum atomic E-state index is 14.1. The SMILES string of the molecule is CCCCCCCCCCCC(=O)N[C@H](C(=O)N[C@@H](CO)C(=O)N[C@H](CO)C(=O)N[C@H]1CCCNC(=O)[C@@H](CCC/[N+]([O-])=N/O)NC(=O)CNC(=O)[C@H](CCCCN)NC(=O)[C@@H](CCCN(O)N=O)NC1=O)[C@@H](O)C(=O)O. The van der Waals surface area contributed by atoms with Crippen molar-refractivity contribution < 1.29 is 83.6 Å². The smallest absolute Gasteiger partial charge is 0.335 e. The summed E-state index contributed by atoms with van der Waals surface area (Å²) in [5.41, 5.74) is 5.63. The van der Waals surface area contributed by atoms with Gasteiger partial charge in [-0.25, -0.2) is 4.79 Å². The predicted octanol–water partition coefficient (Wildman–Crippen LogP) is -3.83. The van der Waals surface area contributed by atoms with Crippen LogP contribution in [0.2, 0.25) is 0 Å². The highest BCUT2D eigenvalue weighted by atomic mass is 16.6. The molecule has 32 nitrogen and oxygen atoms in total. The molecule has 1 rings (SSSR count). The fraction of sp³-hybridized carbons (Fsp3) is 0.778. The van der Waals surface area contributed by atoms with Crippen LogP contribution in [0.15, 0.2) is 10.6 Å². The van der Waals surface area contributed by atoms with Gasteiger partial charge in [-0.3, -0.25) is 48.4 Å². The normalized spacial score (nSPS) is 19.7. The molecule has 0 aromatic carbocycles. The first-order valence-corrected chi connectivity index (χ1v) is 25.8. The molecular formula is C45H80N14O18. The van der Waals surface area contributed by atoms with Crippen LogP contribution in [0.3, 0.4) is 0 Å². The number of unbranched alkanes of at least 4 members (excludes halogenated alkanes) is 9. The molecule has 32 heteroatoms. The third-order valence-corrected chi connectivity index (χ3v) is 12.1. The van der Waals surface area contributed by atoms with E-state index in [1.807, 2.05) is 5.32 Å². The number of carboxylic acids is 1. The monoisotopic (exact) mass is 1100 g/mol. The highest BCUT2D eigenvalue weighted by Gasteiger charge is 2.37. The number of aliphatic carboxylic acids is 1. The molecule has 8 atom stereocenters.